The van der Waals surface area contributed by atoms with Gasteiger partial charge in [-0.25, -0.2) is 13.6 Å². The molecular formula is C13H14F2N2O3. The number of ether oxygens (including phenoxy) is 1. The smallest absolute Gasteiger partial charge is 0.409 e. The minimum atomic E-state index is -0.837. The zero-order valence-electron chi connectivity index (χ0n) is 10.7. The average molecular weight is 284 g/mol. The van der Waals surface area contributed by atoms with Crippen molar-refractivity contribution in [3.8, 4) is 0 Å². The number of halogens is 2. The second kappa shape index (κ2) is 6.31. The molecule has 0 bridgehead atoms. The van der Waals surface area contributed by atoms with Crippen LogP contribution in [0.5, 0.6) is 0 Å². The standard InChI is InChI=1S/C13H14F2N2O3/c14-9-2-3-11(10(15)8-9)16-12(18)4-6-17-5-1-7-20-13(17)19/h2-3,8H,1,4-7H2,(H,16,18). The maximum absolute atomic E-state index is 13.3. The van der Waals surface area contributed by atoms with Crippen molar-refractivity contribution in [1.29, 1.82) is 0 Å². The number of nitrogens with one attached hydrogen (secondary N) is 1. The van der Waals surface area contributed by atoms with E-state index in [0.29, 0.717) is 19.2 Å². The molecule has 1 aromatic rings. The second-order valence-electron chi connectivity index (χ2n) is 4.38. The van der Waals surface area contributed by atoms with Crippen LogP contribution in [-0.2, 0) is 9.53 Å². The first kappa shape index (κ1) is 14.2. The number of nitrogens with zero attached hydrogens (tertiary/aromatic N) is 1. The van der Waals surface area contributed by atoms with Crippen LogP contribution in [0, 0.1) is 11.6 Å². The summed E-state index contributed by atoms with van der Waals surface area (Å²) in [5, 5.41) is 2.33. The lowest BCUT2D eigenvalue weighted by molar-refractivity contribution is -0.116. The number of amides is 2. The molecule has 0 unspecified atom stereocenters. The van der Waals surface area contributed by atoms with Crippen LogP contribution in [0.4, 0.5) is 19.3 Å². The van der Waals surface area contributed by atoms with E-state index in [4.69, 9.17) is 4.74 Å². The van der Waals surface area contributed by atoms with Gasteiger partial charge in [0.25, 0.3) is 0 Å². The van der Waals surface area contributed by atoms with Crippen LogP contribution in [-0.4, -0.2) is 36.6 Å². The first-order chi connectivity index (χ1) is 9.56. The Bertz CT molecular complexity index is 522. The number of benzene rings is 1. The average Bonchev–Trinajstić information content (AvgIpc) is 2.41. The van der Waals surface area contributed by atoms with Gasteiger partial charge in [-0.15, -0.1) is 0 Å². The summed E-state index contributed by atoms with van der Waals surface area (Å²) in [5.74, 6) is -2.00. The third-order valence-electron chi connectivity index (χ3n) is 2.87. The van der Waals surface area contributed by atoms with Crippen molar-refractivity contribution in [2.45, 2.75) is 12.8 Å². The summed E-state index contributed by atoms with van der Waals surface area (Å²) in [6, 6.07) is 2.90. The van der Waals surface area contributed by atoms with Crippen molar-refractivity contribution in [3.05, 3.63) is 29.8 Å². The fourth-order valence-electron chi connectivity index (χ4n) is 1.84. The van der Waals surface area contributed by atoms with E-state index < -0.39 is 23.6 Å². The third kappa shape index (κ3) is 3.66. The van der Waals surface area contributed by atoms with Crippen molar-refractivity contribution >= 4 is 17.7 Å². The predicted molar refractivity (Wildman–Crippen MR) is 67.1 cm³/mol. The Labute approximate surface area is 114 Å². The van der Waals surface area contributed by atoms with Gasteiger partial charge in [0.2, 0.25) is 5.91 Å². The molecule has 0 atom stereocenters. The molecule has 1 aliphatic rings. The molecule has 1 saturated heterocycles. The fourth-order valence-corrected chi connectivity index (χ4v) is 1.84. The van der Waals surface area contributed by atoms with Gasteiger partial charge in [-0.3, -0.25) is 4.79 Å². The molecule has 7 heteroatoms. The zero-order valence-corrected chi connectivity index (χ0v) is 10.7. The van der Waals surface area contributed by atoms with E-state index in [1.807, 2.05) is 0 Å². The van der Waals surface area contributed by atoms with Crippen LogP contribution in [0.3, 0.4) is 0 Å². The lowest BCUT2D eigenvalue weighted by Gasteiger charge is -2.25. The first-order valence-corrected chi connectivity index (χ1v) is 6.23. The largest absolute Gasteiger partial charge is 0.449 e. The second-order valence-corrected chi connectivity index (χ2v) is 4.38. The number of anilines is 1. The normalized spacial score (nSPS) is 14.9. The summed E-state index contributed by atoms with van der Waals surface area (Å²) in [7, 11) is 0. The molecule has 0 saturated carbocycles. The molecule has 1 aliphatic heterocycles. The SMILES string of the molecule is O=C(CCN1CCCOC1=O)Nc1ccc(F)cc1F. The highest BCUT2D eigenvalue weighted by Crippen LogP contribution is 2.15. The van der Waals surface area contributed by atoms with E-state index in [1.165, 1.54) is 4.90 Å². The van der Waals surface area contributed by atoms with E-state index in [-0.39, 0.29) is 18.7 Å². The van der Waals surface area contributed by atoms with E-state index in [2.05, 4.69) is 5.32 Å². The first-order valence-electron chi connectivity index (χ1n) is 6.23. The highest BCUT2D eigenvalue weighted by Gasteiger charge is 2.20. The van der Waals surface area contributed by atoms with Gasteiger partial charge >= 0.3 is 6.09 Å². The zero-order chi connectivity index (χ0) is 14.5. The van der Waals surface area contributed by atoms with Gasteiger partial charge < -0.3 is 15.0 Å². The van der Waals surface area contributed by atoms with Crippen molar-refractivity contribution in [1.82, 2.24) is 4.90 Å². The number of rotatable bonds is 4. The van der Waals surface area contributed by atoms with Crippen molar-refractivity contribution in [2.24, 2.45) is 0 Å². The Balaban J connectivity index is 1.84. The summed E-state index contributed by atoms with van der Waals surface area (Å²) in [5.41, 5.74) is -0.0855. The molecule has 0 aliphatic carbocycles. The molecule has 2 rings (SSSR count). The highest BCUT2D eigenvalue weighted by molar-refractivity contribution is 5.91. The lowest BCUT2D eigenvalue weighted by atomic mass is 10.2. The monoisotopic (exact) mass is 284 g/mol. The molecule has 1 fully saturated rings. The van der Waals surface area contributed by atoms with Crippen LogP contribution in [0.1, 0.15) is 12.8 Å². The molecular weight excluding hydrogens is 270 g/mol. The van der Waals surface area contributed by atoms with Crippen LogP contribution >= 0.6 is 0 Å². The Hall–Kier alpha value is -2.18. The molecule has 1 aromatic carbocycles. The Morgan fingerprint density at radius 1 is 1.40 bits per heavy atom. The summed E-state index contributed by atoms with van der Waals surface area (Å²) >= 11 is 0. The number of hydrogen-bond donors (Lipinski definition) is 1. The van der Waals surface area contributed by atoms with E-state index in [1.54, 1.807) is 0 Å². The topological polar surface area (TPSA) is 58.6 Å². The quantitative estimate of drug-likeness (QED) is 0.921. The minimum Gasteiger partial charge on any atom is -0.449 e. The fraction of sp³-hybridized carbons (Fsp3) is 0.385. The maximum atomic E-state index is 13.3. The third-order valence-corrected chi connectivity index (χ3v) is 2.87. The van der Waals surface area contributed by atoms with E-state index >= 15 is 0 Å². The van der Waals surface area contributed by atoms with E-state index in [9.17, 15) is 18.4 Å². The molecule has 108 valence electrons. The van der Waals surface area contributed by atoms with Gasteiger partial charge in [0.15, 0.2) is 0 Å². The van der Waals surface area contributed by atoms with Crippen LogP contribution in [0.2, 0.25) is 0 Å². The number of carbonyl (C=O) groups excluding carboxylic acids is 2. The van der Waals surface area contributed by atoms with Gasteiger partial charge in [0.1, 0.15) is 11.6 Å². The van der Waals surface area contributed by atoms with Gasteiger partial charge in [-0.1, -0.05) is 0 Å². The van der Waals surface area contributed by atoms with Gasteiger partial charge in [0, 0.05) is 25.6 Å². The Morgan fingerprint density at radius 3 is 2.90 bits per heavy atom. The van der Waals surface area contributed by atoms with E-state index in [0.717, 1.165) is 18.6 Å². The number of hydrogen-bond acceptors (Lipinski definition) is 3. The van der Waals surface area contributed by atoms with Crippen molar-refractivity contribution in [3.63, 3.8) is 0 Å². The van der Waals surface area contributed by atoms with Crippen molar-refractivity contribution < 1.29 is 23.1 Å². The summed E-state index contributed by atoms with van der Waals surface area (Å²) in [4.78, 5) is 24.4. The molecule has 20 heavy (non-hydrogen) atoms. The van der Waals surface area contributed by atoms with Gasteiger partial charge in [-0.2, -0.15) is 0 Å². The van der Waals surface area contributed by atoms with Crippen LogP contribution in [0.15, 0.2) is 18.2 Å². The summed E-state index contributed by atoms with van der Waals surface area (Å²) in [6.45, 7) is 1.13. The molecule has 5 nitrogen and oxygen atoms in total. The van der Waals surface area contributed by atoms with Gasteiger partial charge in [-0.05, 0) is 18.6 Å². The van der Waals surface area contributed by atoms with Crippen LogP contribution in [0.25, 0.3) is 0 Å². The minimum absolute atomic E-state index is 0.0198. The lowest BCUT2D eigenvalue weighted by Crippen LogP contribution is -2.39. The van der Waals surface area contributed by atoms with Crippen molar-refractivity contribution in [2.75, 3.05) is 25.0 Å². The summed E-state index contributed by atoms with van der Waals surface area (Å²) < 4.78 is 30.9. The molecule has 0 aromatic heterocycles. The maximum Gasteiger partial charge on any atom is 0.409 e. The number of cyclic esters (lactones) is 1. The van der Waals surface area contributed by atoms with Gasteiger partial charge in [0.05, 0.1) is 12.3 Å². The predicted octanol–water partition coefficient (Wildman–Crippen LogP) is 2.14. The molecule has 0 radical (unpaired) electrons. The Morgan fingerprint density at radius 2 is 2.20 bits per heavy atom. The Kier molecular flexibility index (Phi) is 4.49. The molecule has 1 N–H and O–H groups in total. The summed E-state index contributed by atoms with van der Waals surface area (Å²) in [6.07, 6.45) is 0.295. The molecule has 1 heterocycles. The highest BCUT2D eigenvalue weighted by atomic mass is 19.1. The van der Waals surface area contributed by atoms with Crippen LogP contribution < -0.4 is 5.32 Å². The molecule has 2 amide bonds. The molecule has 0 spiro atoms. The number of carbonyl (C=O) groups is 2.